The Labute approximate surface area is 117 Å². The lowest BCUT2D eigenvalue weighted by Gasteiger charge is -2.37. The highest BCUT2D eigenvalue weighted by molar-refractivity contribution is 9.10. The molecule has 1 aromatic carbocycles. The van der Waals surface area contributed by atoms with Gasteiger partial charge in [-0.1, -0.05) is 35.0 Å². The zero-order chi connectivity index (χ0) is 12.7. The van der Waals surface area contributed by atoms with E-state index in [0.717, 1.165) is 19.3 Å². The zero-order valence-corrected chi connectivity index (χ0v) is 12.4. The molecule has 96 valence electrons. The minimum Gasteiger partial charge on any atom is -0.300 e. The topological polar surface area (TPSA) is 17.1 Å². The molecule has 0 radical (unpaired) electrons. The highest BCUT2D eigenvalue weighted by Gasteiger charge is 2.36. The minimum atomic E-state index is 0.465. The number of Topliss-reactive ketones (excluding diaryl/α,β-unsaturated/α-hetero) is 1. The van der Waals surface area contributed by atoms with E-state index in [1.54, 1.807) is 0 Å². The number of carbonyl (C=O) groups is 1. The molecule has 3 rings (SSSR count). The van der Waals surface area contributed by atoms with Crippen LogP contribution in [0.3, 0.4) is 0 Å². The van der Waals surface area contributed by atoms with Crippen molar-refractivity contribution < 1.29 is 4.79 Å². The Morgan fingerprint density at radius 1 is 1.17 bits per heavy atom. The highest BCUT2D eigenvalue weighted by Crippen LogP contribution is 2.48. The first-order valence-electron chi connectivity index (χ1n) is 6.94. The van der Waals surface area contributed by atoms with Crippen LogP contribution in [0.4, 0.5) is 0 Å². The van der Waals surface area contributed by atoms with Crippen LogP contribution in [0.15, 0.2) is 22.7 Å². The van der Waals surface area contributed by atoms with Gasteiger partial charge in [0, 0.05) is 17.3 Å². The molecule has 1 nitrogen and oxygen atoms in total. The van der Waals surface area contributed by atoms with E-state index in [1.165, 1.54) is 28.4 Å². The summed E-state index contributed by atoms with van der Waals surface area (Å²) in [6.45, 7) is 2.20. The average molecular weight is 307 g/mol. The molecule has 1 saturated carbocycles. The van der Waals surface area contributed by atoms with Gasteiger partial charge in [-0.2, -0.15) is 0 Å². The van der Waals surface area contributed by atoms with Crippen LogP contribution in [0.5, 0.6) is 0 Å². The molecule has 0 aromatic heterocycles. The van der Waals surface area contributed by atoms with E-state index in [2.05, 4.69) is 41.1 Å². The van der Waals surface area contributed by atoms with Gasteiger partial charge in [0.05, 0.1) is 0 Å². The molecule has 0 saturated heterocycles. The van der Waals surface area contributed by atoms with Crippen LogP contribution >= 0.6 is 15.9 Å². The molecule has 1 fully saturated rings. The monoisotopic (exact) mass is 306 g/mol. The number of carbonyl (C=O) groups excluding carboxylic acids is 1. The summed E-state index contributed by atoms with van der Waals surface area (Å²) in [5, 5.41) is 0. The number of halogens is 1. The SMILES string of the molecule is CC1CC(=O)CC2CCC2c2cccc(Br)c2C1. The van der Waals surface area contributed by atoms with Crippen LogP contribution in [0.25, 0.3) is 0 Å². The summed E-state index contributed by atoms with van der Waals surface area (Å²) in [7, 11) is 0. The smallest absolute Gasteiger partial charge is 0.133 e. The van der Waals surface area contributed by atoms with Gasteiger partial charge in [0.1, 0.15) is 5.78 Å². The Hall–Kier alpha value is -0.630. The fraction of sp³-hybridized carbons (Fsp3) is 0.562. The molecule has 2 aliphatic carbocycles. The van der Waals surface area contributed by atoms with Gasteiger partial charge in [0.15, 0.2) is 0 Å². The summed E-state index contributed by atoms with van der Waals surface area (Å²) in [4.78, 5) is 12.0. The van der Waals surface area contributed by atoms with Crippen molar-refractivity contribution in [2.24, 2.45) is 11.8 Å². The number of fused-ring (bicyclic) bond motifs is 3. The highest BCUT2D eigenvalue weighted by atomic mass is 79.9. The van der Waals surface area contributed by atoms with Gasteiger partial charge >= 0.3 is 0 Å². The number of hydrogen-bond acceptors (Lipinski definition) is 1. The van der Waals surface area contributed by atoms with E-state index < -0.39 is 0 Å². The van der Waals surface area contributed by atoms with Crippen LogP contribution in [0.2, 0.25) is 0 Å². The van der Waals surface area contributed by atoms with Crippen molar-refractivity contribution in [1.29, 1.82) is 0 Å². The van der Waals surface area contributed by atoms with Gasteiger partial charge in [0.25, 0.3) is 0 Å². The molecule has 0 spiro atoms. The maximum atomic E-state index is 12.0. The third kappa shape index (κ3) is 2.16. The van der Waals surface area contributed by atoms with Crippen molar-refractivity contribution in [3.63, 3.8) is 0 Å². The van der Waals surface area contributed by atoms with Crippen molar-refractivity contribution in [2.45, 2.75) is 44.9 Å². The van der Waals surface area contributed by atoms with Crippen molar-refractivity contribution in [1.82, 2.24) is 0 Å². The molecule has 0 N–H and O–H groups in total. The largest absolute Gasteiger partial charge is 0.300 e. The fourth-order valence-corrected chi connectivity index (χ4v) is 4.09. The maximum absolute atomic E-state index is 12.0. The standard InChI is InChI=1S/C16H19BrO/c1-10-7-12(18)9-11-5-6-13(11)14-3-2-4-16(17)15(14)8-10/h2-4,10-11,13H,5-9H2,1H3. The minimum absolute atomic E-state index is 0.465. The summed E-state index contributed by atoms with van der Waals surface area (Å²) in [5.74, 6) is 2.18. The normalized spacial score (nSPS) is 31.4. The summed E-state index contributed by atoms with van der Waals surface area (Å²) >= 11 is 3.70. The van der Waals surface area contributed by atoms with Crippen LogP contribution < -0.4 is 0 Å². The van der Waals surface area contributed by atoms with E-state index >= 15 is 0 Å². The summed E-state index contributed by atoms with van der Waals surface area (Å²) in [5.41, 5.74) is 2.96. The molecule has 18 heavy (non-hydrogen) atoms. The first-order valence-corrected chi connectivity index (χ1v) is 7.73. The van der Waals surface area contributed by atoms with E-state index in [9.17, 15) is 4.79 Å². The molecule has 0 aliphatic heterocycles. The number of rotatable bonds is 0. The molecule has 0 heterocycles. The molecule has 3 unspecified atom stereocenters. The summed E-state index contributed by atoms with van der Waals surface area (Å²) in [6.07, 6.45) is 5.09. The van der Waals surface area contributed by atoms with E-state index in [4.69, 9.17) is 0 Å². The predicted octanol–water partition coefficient (Wildman–Crippen LogP) is 4.48. The van der Waals surface area contributed by atoms with Gasteiger partial charge in [-0.05, 0) is 54.2 Å². The van der Waals surface area contributed by atoms with E-state index in [1.807, 2.05) is 0 Å². The van der Waals surface area contributed by atoms with Gasteiger partial charge in [-0.15, -0.1) is 0 Å². The second-order valence-electron chi connectivity index (χ2n) is 6.01. The summed E-state index contributed by atoms with van der Waals surface area (Å²) in [6, 6.07) is 6.56. The Balaban J connectivity index is 2.03. The van der Waals surface area contributed by atoms with E-state index in [-0.39, 0.29) is 0 Å². The number of benzene rings is 1. The third-order valence-corrected chi connectivity index (χ3v) is 5.33. The second-order valence-corrected chi connectivity index (χ2v) is 6.86. The van der Waals surface area contributed by atoms with Crippen LogP contribution in [-0.4, -0.2) is 5.78 Å². The summed E-state index contributed by atoms with van der Waals surface area (Å²) < 4.78 is 1.23. The lowest BCUT2D eigenvalue weighted by atomic mass is 9.67. The lowest BCUT2D eigenvalue weighted by Crippen LogP contribution is -2.26. The Bertz CT molecular complexity index is 480. The van der Waals surface area contributed by atoms with Gasteiger partial charge in [-0.3, -0.25) is 4.79 Å². The second kappa shape index (κ2) is 4.80. The molecular weight excluding hydrogens is 288 g/mol. The van der Waals surface area contributed by atoms with Gasteiger partial charge in [-0.25, -0.2) is 0 Å². The molecule has 2 heteroatoms. The van der Waals surface area contributed by atoms with Crippen LogP contribution in [0, 0.1) is 11.8 Å². The van der Waals surface area contributed by atoms with Crippen molar-refractivity contribution in [3.8, 4) is 0 Å². The maximum Gasteiger partial charge on any atom is 0.133 e. The molecule has 2 aliphatic rings. The first-order chi connectivity index (χ1) is 8.65. The lowest BCUT2D eigenvalue weighted by molar-refractivity contribution is -0.121. The molecular formula is C16H19BrO. The average Bonchev–Trinajstić information content (AvgIpc) is 2.31. The third-order valence-electron chi connectivity index (χ3n) is 4.59. The van der Waals surface area contributed by atoms with Crippen LogP contribution in [0.1, 0.15) is 49.7 Å². The predicted molar refractivity (Wildman–Crippen MR) is 76.7 cm³/mol. The zero-order valence-electron chi connectivity index (χ0n) is 10.8. The number of hydrogen-bond donors (Lipinski definition) is 0. The number of ketones is 1. The fourth-order valence-electron chi connectivity index (χ4n) is 3.55. The van der Waals surface area contributed by atoms with Crippen molar-refractivity contribution in [2.75, 3.05) is 0 Å². The van der Waals surface area contributed by atoms with Gasteiger partial charge < -0.3 is 0 Å². The van der Waals surface area contributed by atoms with Gasteiger partial charge in [0.2, 0.25) is 0 Å². The Morgan fingerprint density at radius 3 is 2.72 bits per heavy atom. The first kappa shape index (κ1) is 12.4. The molecule has 1 aromatic rings. The van der Waals surface area contributed by atoms with Crippen molar-refractivity contribution in [3.05, 3.63) is 33.8 Å². The Kier molecular flexibility index (Phi) is 3.31. The van der Waals surface area contributed by atoms with Crippen LogP contribution in [-0.2, 0) is 11.2 Å². The quantitative estimate of drug-likeness (QED) is 0.690. The van der Waals surface area contributed by atoms with Crippen molar-refractivity contribution >= 4 is 21.7 Å². The molecule has 3 atom stereocenters. The Morgan fingerprint density at radius 2 is 2.00 bits per heavy atom. The molecule has 0 amide bonds. The van der Waals surface area contributed by atoms with E-state index in [0.29, 0.717) is 23.5 Å². The molecule has 0 bridgehead atoms.